The standard InChI is InChI=1S/C14H22N2O2S/c1-10-4-9-19-13(10)11(2)15-5-7-16(8-6-15)12(3)14(17)18/h4,9,11-12H,5-8H2,1-3H3,(H,17,18). The molecule has 0 bridgehead atoms. The molecule has 2 unspecified atom stereocenters. The second kappa shape index (κ2) is 6.03. The minimum Gasteiger partial charge on any atom is -0.480 e. The van der Waals surface area contributed by atoms with Crippen molar-refractivity contribution in [2.75, 3.05) is 26.2 Å². The van der Waals surface area contributed by atoms with Crippen LogP contribution in [0.25, 0.3) is 0 Å². The van der Waals surface area contributed by atoms with E-state index in [4.69, 9.17) is 5.11 Å². The SMILES string of the molecule is Cc1ccsc1C(C)N1CCN(C(C)C(=O)O)CC1. The molecule has 0 spiro atoms. The van der Waals surface area contributed by atoms with Crippen molar-refractivity contribution in [2.24, 2.45) is 0 Å². The first kappa shape index (κ1) is 14.5. The van der Waals surface area contributed by atoms with Crippen LogP contribution in [0.1, 0.15) is 30.3 Å². The molecule has 1 aliphatic rings. The molecule has 5 heteroatoms. The topological polar surface area (TPSA) is 43.8 Å². The van der Waals surface area contributed by atoms with Crippen molar-refractivity contribution in [1.29, 1.82) is 0 Å². The van der Waals surface area contributed by atoms with E-state index in [1.54, 1.807) is 6.92 Å². The van der Waals surface area contributed by atoms with Crippen LogP contribution in [0.5, 0.6) is 0 Å². The lowest BCUT2D eigenvalue weighted by Crippen LogP contribution is -2.52. The van der Waals surface area contributed by atoms with Gasteiger partial charge in [-0.3, -0.25) is 14.6 Å². The summed E-state index contributed by atoms with van der Waals surface area (Å²) in [6.07, 6.45) is 0. The maximum atomic E-state index is 11.0. The number of carboxylic acids is 1. The highest BCUT2D eigenvalue weighted by atomic mass is 32.1. The summed E-state index contributed by atoms with van der Waals surface area (Å²) in [6, 6.07) is 2.22. The van der Waals surface area contributed by atoms with E-state index in [1.165, 1.54) is 10.4 Å². The average Bonchev–Trinajstić information content (AvgIpc) is 2.83. The van der Waals surface area contributed by atoms with Gasteiger partial charge >= 0.3 is 5.97 Å². The van der Waals surface area contributed by atoms with Gasteiger partial charge in [0.05, 0.1) is 0 Å². The van der Waals surface area contributed by atoms with Gasteiger partial charge < -0.3 is 5.11 Å². The van der Waals surface area contributed by atoms with Crippen LogP contribution in [0, 0.1) is 6.92 Å². The van der Waals surface area contributed by atoms with Crippen LogP contribution in [-0.4, -0.2) is 53.1 Å². The number of nitrogens with zero attached hydrogens (tertiary/aromatic N) is 2. The fraction of sp³-hybridized carbons (Fsp3) is 0.643. The maximum Gasteiger partial charge on any atom is 0.320 e. The number of rotatable bonds is 4. The first-order valence-corrected chi connectivity index (χ1v) is 7.63. The van der Waals surface area contributed by atoms with Gasteiger partial charge in [0.15, 0.2) is 0 Å². The summed E-state index contributed by atoms with van der Waals surface area (Å²) in [5.41, 5.74) is 1.36. The molecule has 0 saturated carbocycles. The van der Waals surface area contributed by atoms with Crippen molar-refractivity contribution in [3.63, 3.8) is 0 Å². The van der Waals surface area contributed by atoms with Crippen LogP contribution in [0.2, 0.25) is 0 Å². The Labute approximate surface area is 118 Å². The van der Waals surface area contributed by atoms with Crippen LogP contribution >= 0.6 is 11.3 Å². The van der Waals surface area contributed by atoms with E-state index in [2.05, 4.69) is 30.2 Å². The third kappa shape index (κ3) is 3.16. The molecule has 19 heavy (non-hydrogen) atoms. The molecular formula is C14H22N2O2S. The highest BCUT2D eigenvalue weighted by Gasteiger charge is 2.28. The average molecular weight is 282 g/mol. The minimum absolute atomic E-state index is 0.374. The molecule has 2 rings (SSSR count). The second-order valence-electron chi connectivity index (χ2n) is 5.23. The number of hydrogen-bond acceptors (Lipinski definition) is 4. The molecule has 1 N–H and O–H groups in total. The second-order valence-corrected chi connectivity index (χ2v) is 6.18. The Morgan fingerprint density at radius 2 is 1.84 bits per heavy atom. The zero-order chi connectivity index (χ0) is 14.0. The number of carboxylic acid groups (broad SMARTS) is 1. The highest BCUT2D eigenvalue weighted by Crippen LogP contribution is 2.29. The molecule has 106 valence electrons. The number of carbonyl (C=O) groups is 1. The van der Waals surface area contributed by atoms with Gasteiger partial charge in [-0.1, -0.05) is 0 Å². The molecule has 0 aromatic carbocycles. The molecule has 4 nitrogen and oxygen atoms in total. The molecule has 2 heterocycles. The summed E-state index contributed by atoms with van der Waals surface area (Å²) in [7, 11) is 0. The normalized spacial score (nSPS) is 21.2. The van der Waals surface area contributed by atoms with Crippen molar-refractivity contribution < 1.29 is 9.90 Å². The third-order valence-corrected chi connectivity index (χ3v) is 5.27. The fourth-order valence-corrected chi connectivity index (χ4v) is 3.67. The Morgan fingerprint density at radius 1 is 1.26 bits per heavy atom. The Kier molecular flexibility index (Phi) is 4.60. The van der Waals surface area contributed by atoms with Crippen molar-refractivity contribution >= 4 is 17.3 Å². The quantitative estimate of drug-likeness (QED) is 0.919. The Hall–Kier alpha value is -0.910. The lowest BCUT2D eigenvalue weighted by atomic mass is 10.1. The van der Waals surface area contributed by atoms with Gasteiger partial charge in [-0.2, -0.15) is 0 Å². The van der Waals surface area contributed by atoms with Gasteiger partial charge in [0.1, 0.15) is 6.04 Å². The van der Waals surface area contributed by atoms with Gasteiger partial charge in [0, 0.05) is 37.1 Å². The third-order valence-electron chi connectivity index (χ3n) is 4.08. The van der Waals surface area contributed by atoms with E-state index in [0.29, 0.717) is 6.04 Å². The molecule has 0 aliphatic carbocycles. The molecule has 1 aliphatic heterocycles. The van der Waals surface area contributed by atoms with Gasteiger partial charge in [-0.15, -0.1) is 11.3 Å². The minimum atomic E-state index is -0.726. The first-order valence-electron chi connectivity index (χ1n) is 6.75. The van der Waals surface area contributed by atoms with Crippen LogP contribution in [0.4, 0.5) is 0 Å². The smallest absolute Gasteiger partial charge is 0.320 e. The molecule has 0 amide bonds. The van der Waals surface area contributed by atoms with E-state index in [-0.39, 0.29) is 6.04 Å². The molecule has 1 fully saturated rings. The summed E-state index contributed by atoms with van der Waals surface area (Å²) < 4.78 is 0. The zero-order valence-electron chi connectivity index (χ0n) is 11.8. The summed E-state index contributed by atoms with van der Waals surface area (Å²) in [6.45, 7) is 9.72. The summed E-state index contributed by atoms with van der Waals surface area (Å²) in [4.78, 5) is 16.9. The number of aliphatic carboxylic acids is 1. The fourth-order valence-electron chi connectivity index (χ4n) is 2.65. The Morgan fingerprint density at radius 3 is 2.32 bits per heavy atom. The van der Waals surface area contributed by atoms with Crippen molar-refractivity contribution in [3.05, 3.63) is 21.9 Å². The largest absolute Gasteiger partial charge is 0.480 e. The molecule has 1 saturated heterocycles. The van der Waals surface area contributed by atoms with Gasteiger partial charge in [-0.05, 0) is 37.8 Å². The lowest BCUT2D eigenvalue weighted by Gasteiger charge is -2.39. The first-order chi connectivity index (χ1) is 9.00. The lowest BCUT2D eigenvalue weighted by molar-refractivity contribution is -0.143. The van der Waals surface area contributed by atoms with E-state index in [9.17, 15) is 4.79 Å². The Balaban J connectivity index is 1.93. The predicted molar refractivity (Wildman–Crippen MR) is 77.7 cm³/mol. The molecule has 2 atom stereocenters. The number of aryl methyl sites for hydroxylation is 1. The van der Waals surface area contributed by atoms with E-state index in [1.807, 2.05) is 16.2 Å². The monoisotopic (exact) mass is 282 g/mol. The molecule has 1 aromatic heterocycles. The van der Waals surface area contributed by atoms with Crippen LogP contribution < -0.4 is 0 Å². The van der Waals surface area contributed by atoms with Crippen LogP contribution in [0.15, 0.2) is 11.4 Å². The summed E-state index contributed by atoms with van der Waals surface area (Å²) in [5.74, 6) is -0.726. The highest BCUT2D eigenvalue weighted by molar-refractivity contribution is 7.10. The number of thiophene rings is 1. The van der Waals surface area contributed by atoms with Crippen molar-refractivity contribution in [2.45, 2.75) is 32.9 Å². The van der Waals surface area contributed by atoms with E-state index in [0.717, 1.165) is 26.2 Å². The van der Waals surface area contributed by atoms with E-state index < -0.39 is 5.97 Å². The van der Waals surface area contributed by atoms with Crippen LogP contribution in [0.3, 0.4) is 0 Å². The van der Waals surface area contributed by atoms with E-state index >= 15 is 0 Å². The summed E-state index contributed by atoms with van der Waals surface area (Å²) >= 11 is 1.81. The van der Waals surface area contributed by atoms with Crippen molar-refractivity contribution in [3.8, 4) is 0 Å². The zero-order valence-corrected chi connectivity index (χ0v) is 12.6. The maximum absolute atomic E-state index is 11.0. The van der Waals surface area contributed by atoms with Crippen molar-refractivity contribution in [1.82, 2.24) is 9.80 Å². The molecular weight excluding hydrogens is 260 g/mol. The Bertz CT molecular complexity index is 438. The van der Waals surface area contributed by atoms with Gasteiger partial charge in [-0.25, -0.2) is 0 Å². The predicted octanol–water partition coefficient (Wildman–Crippen LogP) is 2.21. The number of hydrogen-bond donors (Lipinski definition) is 1. The van der Waals surface area contributed by atoms with Gasteiger partial charge in [0.25, 0.3) is 0 Å². The summed E-state index contributed by atoms with van der Waals surface area (Å²) in [5, 5.41) is 11.2. The van der Waals surface area contributed by atoms with Gasteiger partial charge in [0.2, 0.25) is 0 Å². The van der Waals surface area contributed by atoms with Crippen LogP contribution in [-0.2, 0) is 4.79 Å². The molecule has 0 radical (unpaired) electrons. The number of piperazine rings is 1. The molecule has 1 aromatic rings.